The summed E-state index contributed by atoms with van der Waals surface area (Å²) in [5, 5.41) is 2.91. The molecular formula is C24H29N3O4S2. The normalized spacial score (nSPS) is 19.3. The van der Waals surface area contributed by atoms with Crippen LogP contribution in [0.25, 0.3) is 0 Å². The van der Waals surface area contributed by atoms with Crippen LogP contribution < -0.4 is 10.2 Å². The van der Waals surface area contributed by atoms with Crippen LogP contribution in [0.1, 0.15) is 30.9 Å². The van der Waals surface area contributed by atoms with Crippen LogP contribution in [-0.2, 0) is 19.6 Å². The summed E-state index contributed by atoms with van der Waals surface area (Å²) in [6.07, 6.45) is 1.70. The molecule has 7 nitrogen and oxygen atoms in total. The Morgan fingerprint density at radius 1 is 1.15 bits per heavy atom. The molecule has 1 fully saturated rings. The van der Waals surface area contributed by atoms with Gasteiger partial charge in [0.15, 0.2) is 0 Å². The van der Waals surface area contributed by atoms with Gasteiger partial charge in [0.25, 0.3) is 0 Å². The van der Waals surface area contributed by atoms with E-state index in [0.29, 0.717) is 30.2 Å². The lowest BCUT2D eigenvalue weighted by Crippen LogP contribution is -2.41. The number of amides is 2. The lowest BCUT2D eigenvalue weighted by Gasteiger charge is -2.25. The Balaban J connectivity index is 1.66. The maximum absolute atomic E-state index is 13.2. The number of fused-ring (bicyclic) bond motifs is 1. The number of nitrogens with one attached hydrogen (secondary N) is 1. The van der Waals surface area contributed by atoms with Gasteiger partial charge in [0.2, 0.25) is 21.8 Å². The van der Waals surface area contributed by atoms with Crippen molar-refractivity contribution in [2.45, 2.75) is 43.4 Å². The highest BCUT2D eigenvalue weighted by Crippen LogP contribution is 2.38. The number of anilines is 2. The largest absolute Gasteiger partial charge is 0.324 e. The highest BCUT2D eigenvalue weighted by molar-refractivity contribution is 7.99. The minimum atomic E-state index is -3.64. The highest BCUT2D eigenvalue weighted by Gasteiger charge is 2.33. The van der Waals surface area contributed by atoms with Gasteiger partial charge >= 0.3 is 0 Å². The first kappa shape index (κ1) is 23.8. The lowest BCUT2D eigenvalue weighted by molar-refractivity contribution is -0.123. The predicted octanol–water partition coefficient (Wildman–Crippen LogP) is 3.80. The van der Waals surface area contributed by atoms with Crippen LogP contribution in [0.3, 0.4) is 0 Å². The number of aryl methyl sites for hydroxylation is 1. The predicted molar refractivity (Wildman–Crippen MR) is 131 cm³/mol. The topological polar surface area (TPSA) is 86.8 Å². The molecule has 2 aliphatic heterocycles. The highest BCUT2D eigenvalue weighted by atomic mass is 32.2. The van der Waals surface area contributed by atoms with Crippen molar-refractivity contribution in [1.29, 1.82) is 0 Å². The van der Waals surface area contributed by atoms with Crippen LogP contribution in [0.2, 0.25) is 0 Å². The van der Waals surface area contributed by atoms with Gasteiger partial charge in [-0.1, -0.05) is 19.1 Å². The van der Waals surface area contributed by atoms with Crippen molar-refractivity contribution >= 4 is 45.0 Å². The fourth-order valence-electron chi connectivity index (χ4n) is 4.12. The molecule has 2 aromatic carbocycles. The average Bonchev–Trinajstić information content (AvgIpc) is 3.31. The molecule has 0 spiro atoms. The maximum atomic E-state index is 13.2. The van der Waals surface area contributed by atoms with Gasteiger partial charge < -0.3 is 10.2 Å². The smallest absolute Gasteiger partial charge is 0.244 e. The Labute approximate surface area is 199 Å². The molecule has 9 heteroatoms. The van der Waals surface area contributed by atoms with E-state index in [1.807, 2.05) is 39.0 Å². The number of hydrogen-bond acceptors (Lipinski definition) is 5. The molecule has 0 radical (unpaired) electrons. The first-order chi connectivity index (χ1) is 15.7. The van der Waals surface area contributed by atoms with E-state index >= 15 is 0 Å². The number of sulfonamides is 1. The monoisotopic (exact) mass is 487 g/mol. The van der Waals surface area contributed by atoms with Crippen LogP contribution in [0.15, 0.2) is 46.2 Å². The molecule has 0 aromatic heterocycles. The van der Waals surface area contributed by atoms with Crippen LogP contribution in [0.4, 0.5) is 11.4 Å². The SMILES string of the molecule is Cc1cccc(NC(=O)CN2C(=O)[C@H](C)CSc3ccc(S(=O)(=O)N4CCCC4)cc32)c1C. The second-order valence-corrected chi connectivity index (χ2v) is 11.7. The second-order valence-electron chi connectivity index (χ2n) is 8.67. The van der Waals surface area contributed by atoms with E-state index in [0.717, 1.165) is 28.9 Å². The van der Waals surface area contributed by atoms with E-state index in [1.165, 1.54) is 21.0 Å². The van der Waals surface area contributed by atoms with Crippen LogP contribution in [-0.4, -0.2) is 49.9 Å². The first-order valence-electron chi connectivity index (χ1n) is 11.1. The first-order valence-corrected chi connectivity index (χ1v) is 13.6. The van der Waals surface area contributed by atoms with Crippen molar-refractivity contribution in [2.24, 2.45) is 5.92 Å². The zero-order valence-corrected chi connectivity index (χ0v) is 20.8. The van der Waals surface area contributed by atoms with Crippen molar-refractivity contribution in [3.63, 3.8) is 0 Å². The van der Waals surface area contributed by atoms with Gasteiger partial charge in [-0.3, -0.25) is 9.59 Å². The summed E-state index contributed by atoms with van der Waals surface area (Å²) in [6, 6.07) is 10.6. The molecule has 2 heterocycles. The minimum Gasteiger partial charge on any atom is -0.324 e. The van der Waals surface area contributed by atoms with Gasteiger partial charge in [-0.15, -0.1) is 11.8 Å². The van der Waals surface area contributed by atoms with E-state index in [1.54, 1.807) is 18.2 Å². The molecule has 1 atom stereocenters. The molecule has 1 N–H and O–H groups in total. The third-order valence-corrected chi connectivity index (χ3v) is 9.50. The summed E-state index contributed by atoms with van der Waals surface area (Å²) < 4.78 is 27.7. The second kappa shape index (κ2) is 9.48. The minimum absolute atomic E-state index is 0.158. The summed E-state index contributed by atoms with van der Waals surface area (Å²) in [7, 11) is -3.64. The Morgan fingerprint density at radius 2 is 1.88 bits per heavy atom. The third kappa shape index (κ3) is 4.81. The summed E-state index contributed by atoms with van der Waals surface area (Å²) >= 11 is 1.51. The van der Waals surface area contributed by atoms with Crippen LogP contribution >= 0.6 is 11.8 Å². The van der Waals surface area contributed by atoms with Crippen molar-refractivity contribution in [1.82, 2.24) is 4.31 Å². The number of carbonyl (C=O) groups excluding carboxylic acids is 2. The quantitative estimate of drug-likeness (QED) is 0.693. The van der Waals surface area contributed by atoms with Crippen LogP contribution in [0, 0.1) is 19.8 Å². The fraction of sp³-hybridized carbons (Fsp3) is 0.417. The number of carbonyl (C=O) groups is 2. The van der Waals surface area contributed by atoms with Crippen molar-refractivity contribution in [2.75, 3.05) is 35.6 Å². The van der Waals surface area contributed by atoms with Gasteiger partial charge in [0.1, 0.15) is 6.54 Å². The summed E-state index contributed by atoms with van der Waals surface area (Å²) in [5.74, 6) is -0.239. The molecule has 0 aliphatic carbocycles. The average molecular weight is 488 g/mol. The molecule has 2 aromatic rings. The van der Waals surface area contributed by atoms with Gasteiger partial charge in [-0.2, -0.15) is 4.31 Å². The summed E-state index contributed by atoms with van der Waals surface area (Å²) in [6.45, 7) is 6.57. The van der Waals surface area contributed by atoms with Gasteiger partial charge in [-0.05, 0) is 62.1 Å². The molecule has 1 saturated heterocycles. The number of hydrogen-bond donors (Lipinski definition) is 1. The van der Waals surface area contributed by atoms with E-state index in [2.05, 4.69) is 5.32 Å². The molecule has 33 heavy (non-hydrogen) atoms. The molecule has 0 unspecified atom stereocenters. The van der Waals surface area contributed by atoms with E-state index < -0.39 is 10.0 Å². The molecule has 0 bridgehead atoms. The van der Waals surface area contributed by atoms with Gasteiger partial charge in [0.05, 0.1) is 10.6 Å². The van der Waals surface area contributed by atoms with Crippen LogP contribution in [0.5, 0.6) is 0 Å². The fourth-order valence-corrected chi connectivity index (χ4v) is 6.71. The zero-order chi connectivity index (χ0) is 23.8. The number of thioether (sulfide) groups is 1. The van der Waals surface area contributed by atoms with E-state index in [-0.39, 0.29) is 29.2 Å². The standard InChI is InChI=1S/C24H29N3O4S2/c1-16-7-6-8-20(18(16)3)25-23(28)14-27-21-13-19(33(30,31)26-11-4-5-12-26)9-10-22(21)32-15-17(2)24(27)29/h6-10,13,17H,4-5,11-12,14-15H2,1-3H3,(H,25,28)/t17-/m1/s1. The summed E-state index contributed by atoms with van der Waals surface area (Å²) in [5.41, 5.74) is 3.21. The Bertz CT molecular complexity index is 1190. The molecule has 2 aliphatic rings. The van der Waals surface area contributed by atoms with Crippen molar-refractivity contribution in [3.8, 4) is 0 Å². The number of rotatable bonds is 5. The molecular weight excluding hydrogens is 458 g/mol. The lowest BCUT2D eigenvalue weighted by atomic mass is 10.1. The molecule has 0 saturated carbocycles. The Hall–Kier alpha value is -2.36. The maximum Gasteiger partial charge on any atom is 0.244 e. The van der Waals surface area contributed by atoms with Crippen molar-refractivity contribution in [3.05, 3.63) is 47.5 Å². The number of nitrogens with zero attached hydrogens (tertiary/aromatic N) is 2. The third-order valence-electron chi connectivity index (χ3n) is 6.28. The Morgan fingerprint density at radius 3 is 2.61 bits per heavy atom. The van der Waals surface area contributed by atoms with E-state index in [4.69, 9.17) is 0 Å². The Kier molecular flexibility index (Phi) is 6.83. The molecule has 2 amide bonds. The van der Waals surface area contributed by atoms with E-state index in [9.17, 15) is 18.0 Å². The molecule has 176 valence electrons. The van der Waals surface area contributed by atoms with Gasteiger partial charge in [-0.25, -0.2) is 8.42 Å². The van der Waals surface area contributed by atoms with Gasteiger partial charge in [0, 0.05) is 35.3 Å². The summed E-state index contributed by atoms with van der Waals surface area (Å²) in [4.78, 5) is 28.6. The van der Waals surface area contributed by atoms with Crippen molar-refractivity contribution < 1.29 is 18.0 Å². The zero-order valence-electron chi connectivity index (χ0n) is 19.1. The molecule has 4 rings (SSSR count). The number of benzene rings is 2.